The molecule has 0 aromatic rings. The SMILES string of the molecule is C=C(CCC(C)CC(C)(C)C)C(=O)OC(=O)C(=C)CC(CC)CCCC. The van der Waals surface area contributed by atoms with Gasteiger partial charge in [-0.15, -0.1) is 0 Å². The lowest BCUT2D eigenvalue weighted by atomic mass is 9.83. The molecule has 3 heteroatoms. The minimum absolute atomic E-state index is 0.266. The molecule has 0 aliphatic carbocycles. The van der Waals surface area contributed by atoms with E-state index in [1.54, 1.807) is 0 Å². The van der Waals surface area contributed by atoms with Gasteiger partial charge >= 0.3 is 11.9 Å². The second-order valence-corrected chi connectivity index (χ2v) is 8.91. The molecule has 0 spiro atoms. The Morgan fingerprint density at radius 1 is 1.00 bits per heavy atom. The maximum atomic E-state index is 12.1. The standard InChI is InChI=1S/C23H40O3/c1-9-11-12-20(10-2)15-19(5)22(25)26-21(24)18(4)14-13-17(3)16-23(6,7)8/h17,20H,4-5,9-16H2,1-3,6-8H3. The molecule has 2 unspecified atom stereocenters. The molecule has 0 rings (SSSR count). The molecule has 0 bridgehead atoms. The second-order valence-electron chi connectivity index (χ2n) is 8.91. The summed E-state index contributed by atoms with van der Waals surface area (Å²) in [7, 11) is 0. The topological polar surface area (TPSA) is 43.4 Å². The third-order valence-electron chi connectivity index (χ3n) is 4.74. The summed E-state index contributed by atoms with van der Waals surface area (Å²) in [5, 5.41) is 0. The van der Waals surface area contributed by atoms with E-state index in [2.05, 4.69) is 54.7 Å². The maximum Gasteiger partial charge on any atom is 0.341 e. The van der Waals surface area contributed by atoms with Crippen molar-refractivity contribution in [3.63, 3.8) is 0 Å². The quantitative estimate of drug-likeness (QED) is 0.222. The maximum absolute atomic E-state index is 12.1. The fourth-order valence-electron chi connectivity index (χ4n) is 3.27. The van der Waals surface area contributed by atoms with Gasteiger partial charge < -0.3 is 4.74 Å². The average molecular weight is 365 g/mol. The van der Waals surface area contributed by atoms with Crippen molar-refractivity contribution >= 4 is 11.9 Å². The minimum Gasteiger partial charge on any atom is -0.386 e. The Morgan fingerprint density at radius 3 is 2.08 bits per heavy atom. The zero-order valence-electron chi connectivity index (χ0n) is 18.0. The van der Waals surface area contributed by atoms with Crippen molar-refractivity contribution in [1.29, 1.82) is 0 Å². The van der Waals surface area contributed by atoms with E-state index in [1.165, 1.54) is 0 Å². The van der Waals surface area contributed by atoms with Crippen LogP contribution in [0.15, 0.2) is 24.3 Å². The van der Waals surface area contributed by atoms with Crippen LogP contribution in [-0.4, -0.2) is 11.9 Å². The van der Waals surface area contributed by atoms with Gasteiger partial charge in [0.05, 0.1) is 0 Å². The number of rotatable bonds is 12. The summed E-state index contributed by atoms with van der Waals surface area (Å²) < 4.78 is 4.98. The molecular weight excluding hydrogens is 324 g/mol. The zero-order valence-corrected chi connectivity index (χ0v) is 18.0. The van der Waals surface area contributed by atoms with Crippen molar-refractivity contribution < 1.29 is 14.3 Å². The van der Waals surface area contributed by atoms with Gasteiger partial charge in [0.15, 0.2) is 0 Å². The van der Waals surface area contributed by atoms with Crippen molar-refractivity contribution in [3.8, 4) is 0 Å². The van der Waals surface area contributed by atoms with E-state index < -0.39 is 11.9 Å². The molecule has 26 heavy (non-hydrogen) atoms. The molecular formula is C23H40O3. The zero-order chi connectivity index (χ0) is 20.3. The van der Waals surface area contributed by atoms with Gasteiger partial charge in [0.25, 0.3) is 0 Å². The highest BCUT2D eigenvalue weighted by Crippen LogP contribution is 2.27. The lowest BCUT2D eigenvalue weighted by Crippen LogP contribution is -2.18. The monoisotopic (exact) mass is 364 g/mol. The van der Waals surface area contributed by atoms with Crippen molar-refractivity contribution in [2.45, 2.75) is 92.9 Å². The van der Waals surface area contributed by atoms with Crippen LogP contribution in [-0.2, 0) is 14.3 Å². The number of hydrogen-bond acceptors (Lipinski definition) is 3. The lowest BCUT2D eigenvalue weighted by molar-refractivity contribution is -0.154. The average Bonchev–Trinajstić information content (AvgIpc) is 2.54. The molecule has 0 saturated heterocycles. The third-order valence-corrected chi connectivity index (χ3v) is 4.74. The van der Waals surface area contributed by atoms with Crippen molar-refractivity contribution in [2.75, 3.05) is 0 Å². The smallest absolute Gasteiger partial charge is 0.341 e. The number of ether oxygens (including phenoxy) is 1. The molecule has 3 nitrogen and oxygen atoms in total. The van der Waals surface area contributed by atoms with Gasteiger partial charge in [-0.05, 0) is 42.9 Å². The molecule has 150 valence electrons. The number of hydrogen-bond donors (Lipinski definition) is 0. The Hall–Kier alpha value is -1.38. The van der Waals surface area contributed by atoms with Gasteiger partial charge in [-0.3, -0.25) is 0 Å². The molecule has 0 aliphatic rings. The van der Waals surface area contributed by atoms with Crippen molar-refractivity contribution in [2.24, 2.45) is 17.3 Å². The highest BCUT2D eigenvalue weighted by molar-refractivity contribution is 6.01. The van der Waals surface area contributed by atoms with Gasteiger partial charge in [-0.2, -0.15) is 0 Å². The van der Waals surface area contributed by atoms with Gasteiger partial charge in [0, 0.05) is 11.1 Å². The van der Waals surface area contributed by atoms with Crippen LogP contribution in [0.5, 0.6) is 0 Å². The first-order chi connectivity index (χ1) is 12.0. The highest BCUT2D eigenvalue weighted by Gasteiger charge is 2.20. The van der Waals surface area contributed by atoms with Crippen molar-refractivity contribution in [1.82, 2.24) is 0 Å². The van der Waals surface area contributed by atoms with Gasteiger partial charge in [0.1, 0.15) is 0 Å². The Labute approximate surface area is 161 Å². The molecule has 0 heterocycles. The van der Waals surface area contributed by atoms with Crippen LogP contribution in [0.2, 0.25) is 0 Å². The summed E-state index contributed by atoms with van der Waals surface area (Å²) in [5.41, 5.74) is 1.02. The molecule has 0 aromatic heterocycles. The van der Waals surface area contributed by atoms with E-state index >= 15 is 0 Å². The minimum atomic E-state index is -0.610. The third kappa shape index (κ3) is 11.3. The van der Waals surface area contributed by atoms with E-state index in [0.717, 1.165) is 38.5 Å². The number of esters is 2. The van der Waals surface area contributed by atoms with Crippen LogP contribution < -0.4 is 0 Å². The van der Waals surface area contributed by atoms with E-state index in [0.29, 0.717) is 35.8 Å². The molecule has 0 fully saturated rings. The molecule has 0 aliphatic heterocycles. The molecule has 0 N–H and O–H groups in total. The van der Waals surface area contributed by atoms with Gasteiger partial charge in [0.2, 0.25) is 0 Å². The molecule has 0 saturated carbocycles. The first-order valence-electron chi connectivity index (χ1n) is 10.1. The van der Waals surface area contributed by atoms with Crippen LogP contribution in [0.25, 0.3) is 0 Å². The summed E-state index contributed by atoms with van der Waals surface area (Å²) in [4.78, 5) is 24.2. The van der Waals surface area contributed by atoms with Crippen LogP contribution in [0, 0.1) is 17.3 Å². The molecule has 0 aromatic carbocycles. The first kappa shape index (κ1) is 24.6. The Balaban J connectivity index is 4.36. The summed E-state index contributed by atoms with van der Waals surface area (Å²) in [6, 6.07) is 0. The van der Waals surface area contributed by atoms with Crippen LogP contribution in [0.3, 0.4) is 0 Å². The van der Waals surface area contributed by atoms with Crippen LogP contribution in [0.1, 0.15) is 92.9 Å². The number of unbranched alkanes of at least 4 members (excludes halogenated alkanes) is 1. The normalized spacial score (nSPS) is 13.8. The largest absolute Gasteiger partial charge is 0.386 e. The van der Waals surface area contributed by atoms with Crippen LogP contribution >= 0.6 is 0 Å². The van der Waals surface area contributed by atoms with Crippen LogP contribution in [0.4, 0.5) is 0 Å². The molecule has 2 atom stereocenters. The van der Waals surface area contributed by atoms with E-state index in [9.17, 15) is 9.59 Å². The lowest BCUT2D eigenvalue weighted by Gasteiger charge is -2.23. The predicted molar refractivity (Wildman–Crippen MR) is 110 cm³/mol. The van der Waals surface area contributed by atoms with E-state index in [4.69, 9.17) is 4.74 Å². The summed E-state index contributed by atoms with van der Waals surface area (Å²) in [6.07, 6.45) is 7.46. The number of carbonyl (C=O) groups excluding carboxylic acids is 2. The summed E-state index contributed by atoms with van der Waals surface area (Å²) in [5.74, 6) is -0.296. The number of carbonyl (C=O) groups is 2. The van der Waals surface area contributed by atoms with Gasteiger partial charge in [-0.25, -0.2) is 9.59 Å². The molecule has 0 amide bonds. The highest BCUT2D eigenvalue weighted by atomic mass is 16.6. The second kappa shape index (κ2) is 12.1. The first-order valence-corrected chi connectivity index (χ1v) is 10.1. The predicted octanol–water partition coefficient (Wildman–Crippen LogP) is 6.63. The van der Waals surface area contributed by atoms with Gasteiger partial charge in [-0.1, -0.05) is 80.4 Å². The summed E-state index contributed by atoms with van der Waals surface area (Å²) >= 11 is 0. The Kier molecular flexibility index (Phi) is 11.4. The molecule has 0 radical (unpaired) electrons. The van der Waals surface area contributed by atoms with E-state index in [1.807, 2.05) is 0 Å². The van der Waals surface area contributed by atoms with Crippen molar-refractivity contribution in [3.05, 3.63) is 24.3 Å². The Bertz CT molecular complexity index is 482. The van der Waals surface area contributed by atoms with E-state index in [-0.39, 0.29) is 5.41 Å². The fraction of sp³-hybridized carbons (Fsp3) is 0.739. The Morgan fingerprint density at radius 2 is 1.58 bits per heavy atom. The fourth-order valence-corrected chi connectivity index (χ4v) is 3.27. The summed E-state index contributed by atoms with van der Waals surface area (Å²) in [6.45, 7) is 20.7.